The second-order valence-electron chi connectivity index (χ2n) is 7.57. The lowest BCUT2D eigenvalue weighted by Crippen LogP contribution is -2.54. The van der Waals surface area contributed by atoms with Crippen LogP contribution in [0.15, 0.2) is 60.7 Å². The van der Waals surface area contributed by atoms with Gasteiger partial charge in [-0.2, -0.15) is 0 Å². The number of allylic oxidation sites excluding steroid dienone is 1. The Balaban J connectivity index is 1.78. The van der Waals surface area contributed by atoms with E-state index < -0.39 is 5.91 Å². The van der Waals surface area contributed by atoms with Crippen LogP contribution in [0.5, 0.6) is 0 Å². The van der Waals surface area contributed by atoms with Gasteiger partial charge in [0.25, 0.3) is 5.91 Å². The second kappa shape index (κ2) is 10.0. The topological polar surface area (TPSA) is 81.7 Å². The van der Waals surface area contributed by atoms with E-state index in [0.717, 1.165) is 29.9 Å². The van der Waals surface area contributed by atoms with Gasteiger partial charge < -0.3 is 10.2 Å². The molecule has 1 aliphatic heterocycles. The van der Waals surface area contributed by atoms with Gasteiger partial charge in [-0.15, -0.1) is 0 Å². The van der Waals surface area contributed by atoms with E-state index >= 15 is 0 Å². The molecule has 0 radical (unpaired) electrons. The minimum absolute atomic E-state index is 0.0509. The van der Waals surface area contributed by atoms with Crippen molar-refractivity contribution in [1.29, 1.82) is 0 Å². The van der Waals surface area contributed by atoms with Gasteiger partial charge in [0.05, 0.1) is 0 Å². The summed E-state index contributed by atoms with van der Waals surface area (Å²) in [4.78, 5) is 26.4. The Morgan fingerprint density at radius 3 is 2.30 bits per heavy atom. The summed E-state index contributed by atoms with van der Waals surface area (Å²) in [6.07, 6.45) is 6.18. The molecule has 6 heteroatoms. The van der Waals surface area contributed by atoms with Gasteiger partial charge >= 0.3 is 0 Å². The van der Waals surface area contributed by atoms with Crippen LogP contribution in [0.4, 0.5) is 5.69 Å². The number of amides is 1. The molecule has 0 unspecified atom stereocenters. The predicted molar refractivity (Wildman–Crippen MR) is 119 cm³/mol. The third kappa shape index (κ3) is 5.65. The van der Waals surface area contributed by atoms with Crippen molar-refractivity contribution in [3.05, 3.63) is 77.4 Å². The quantitative estimate of drug-likeness (QED) is 0.297. The zero-order chi connectivity index (χ0) is 21.5. The van der Waals surface area contributed by atoms with E-state index in [-0.39, 0.29) is 5.78 Å². The lowest BCUT2D eigenvalue weighted by atomic mass is 10.0. The first kappa shape index (κ1) is 21.5. The van der Waals surface area contributed by atoms with Crippen LogP contribution >= 0.6 is 0 Å². The number of benzene rings is 2. The number of anilines is 1. The third-order valence-corrected chi connectivity index (χ3v) is 4.94. The van der Waals surface area contributed by atoms with Gasteiger partial charge in [-0.25, -0.2) is 5.48 Å². The molecule has 3 N–H and O–H groups in total. The summed E-state index contributed by atoms with van der Waals surface area (Å²) in [7, 11) is 0. The molecule has 0 aromatic heterocycles. The Morgan fingerprint density at radius 1 is 1.00 bits per heavy atom. The standard InChI is InChI=1S/C24H27N3O3/c1-17-15-27(16-18(2)25-17)22-9-4-3-8-21(22)23(28)12-10-19-6-5-7-20(14-19)11-13-24(29)26-30/h3-14,17-18,25,30H,15-16H2,1-2H3,(H,26,29)/b12-10+,13-11+/t17-,18+. The van der Waals surface area contributed by atoms with Crippen LogP contribution in [0.2, 0.25) is 0 Å². The SMILES string of the molecule is C[C@@H]1CN(c2ccccc2C(=O)/C=C/c2cccc(/C=C/C(=O)NO)c2)C[C@H](C)N1. The summed E-state index contributed by atoms with van der Waals surface area (Å²) >= 11 is 0. The summed E-state index contributed by atoms with van der Waals surface area (Å²) in [6.45, 7) is 6.01. The average molecular weight is 405 g/mol. The zero-order valence-corrected chi connectivity index (χ0v) is 17.2. The van der Waals surface area contributed by atoms with Crippen molar-refractivity contribution in [2.45, 2.75) is 25.9 Å². The molecule has 2 atom stereocenters. The summed E-state index contributed by atoms with van der Waals surface area (Å²) in [6, 6.07) is 15.9. The van der Waals surface area contributed by atoms with Crippen LogP contribution in [0.3, 0.4) is 0 Å². The van der Waals surface area contributed by atoms with Crippen LogP contribution in [-0.2, 0) is 4.79 Å². The van der Waals surface area contributed by atoms with E-state index in [0.29, 0.717) is 17.6 Å². The highest BCUT2D eigenvalue weighted by molar-refractivity contribution is 6.10. The molecule has 2 aromatic rings. The van der Waals surface area contributed by atoms with E-state index in [9.17, 15) is 9.59 Å². The molecule has 156 valence electrons. The van der Waals surface area contributed by atoms with Crippen molar-refractivity contribution in [3.63, 3.8) is 0 Å². The molecule has 1 aliphatic rings. The van der Waals surface area contributed by atoms with Crippen LogP contribution in [0, 0.1) is 0 Å². The third-order valence-electron chi connectivity index (χ3n) is 4.94. The smallest absolute Gasteiger partial charge is 0.267 e. The van der Waals surface area contributed by atoms with Crippen LogP contribution in [0.25, 0.3) is 12.2 Å². The minimum atomic E-state index is -0.598. The number of hydroxylamine groups is 1. The number of carbonyl (C=O) groups is 2. The first-order valence-corrected chi connectivity index (χ1v) is 10.0. The molecule has 30 heavy (non-hydrogen) atoms. The molecule has 1 amide bonds. The van der Waals surface area contributed by atoms with Gasteiger partial charge in [0.15, 0.2) is 5.78 Å². The maximum atomic E-state index is 13.0. The van der Waals surface area contributed by atoms with Gasteiger partial charge in [-0.1, -0.05) is 36.4 Å². The number of hydrogen-bond acceptors (Lipinski definition) is 5. The van der Waals surface area contributed by atoms with Gasteiger partial charge in [-0.05, 0) is 55.3 Å². The monoisotopic (exact) mass is 405 g/mol. The Kier molecular flexibility index (Phi) is 7.17. The van der Waals surface area contributed by atoms with Crippen molar-refractivity contribution in [1.82, 2.24) is 10.8 Å². The lowest BCUT2D eigenvalue weighted by Gasteiger charge is -2.38. The van der Waals surface area contributed by atoms with E-state index in [1.54, 1.807) is 23.7 Å². The number of nitrogens with one attached hydrogen (secondary N) is 2. The van der Waals surface area contributed by atoms with E-state index in [4.69, 9.17) is 5.21 Å². The predicted octanol–water partition coefficient (Wildman–Crippen LogP) is 3.29. The van der Waals surface area contributed by atoms with Crippen molar-refractivity contribution in [2.75, 3.05) is 18.0 Å². The molecule has 0 bridgehead atoms. The Labute approximate surface area is 176 Å². The molecule has 0 aliphatic carbocycles. The normalized spacial score (nSPS) is 19.4. The Hall–Kier alpha value is -3.22. The van der Waals surface area contributed by atoms with E-state index in [1.807, 2.05) is 48.5 Å². The summed E-state index contributed by atoms with van der Waals surface area (Å²) < 4.78 is 0. The van der Waals surface area contributed by atoms with Crippen LogP contribution < -0.4 is 15.7 Å². The van der Waals surface area contributed by atoms with Gasteiger partial charge in [0, 0.05) is 42.5 Å². The molecule has 1 heterocycles. The number of para-hydroxylation sites is 1. The fourth-order valence-corrected chi connectivity index (χ4v) is 3.72. The summed E-state index contributed by atoms with van der Waals surface area (Å²) in [5, 5.41) is 12.1. The van der Waals surface area contributed by atoms with E-state index in [1.165, 1.54) is 6.08 Å². The number of nitrogens with zero attached hydrogens (tertiary/aromatic N) is 1. The Bertz CT molecular complexity index is 958. The molecule has 1 saturated heterocycles. The van der Waals surface area contributed by atoms with Crippen molar-refractivity contribution >= 4 is 29.5 Å². The summed E-state index contributed by atoms with van der Waals surface area (Å²) in [5.74, 6) is -0.649. The fourth-order valence-electron chi connectivity index (χ4n) is 3.72. The molecule has 0 spiro atoms. The van der Waals surface area contributed by atoms with Crippen LogP contribution in [-0.4, -0.2) is 42.1 Å². The fraction of sp³-hybridized carbons (Fsp3) is 0.250. The average Bonchev–Trinajstić information content (AvgIpc) is 2.75. The minimum Gasteiger partial charge on any atom is -0.368 e. The van der Waals surface area contributed by atoms with Crippen molar-refractivity contribution in [2.24, 2.45) is 0 Å². The first-order chi connectivity index (χ1) is 14.5. The highest BCUT2D eigenvalue weighted by Crippen LogP contribution is 2.24. The second-order valence-corrected chi connectivity index (χ2v) is 7.57. The molecular formula is C24H27N3O3. The number of hydrogen-bond donors (Lipinski definition) is 3. The maximum Gasteiger partial charge on any atom is 0.267 e. The molecular weight excluding hydrogens is 378 g/mol. The molecule has 3 rings (SSSR count). The number of ketones is 1. The van der Waals surface area contributed by atoms with Gasteiger partial charge in [0.2, 0.25) is 0 Å². The van der Waals surface area contributed by atoms with Crippen LogP contribution in [0.1, 0.15) is 35.3 Å². The Morgan fingerprint density at radius 2 is 1.63 bits per heavy atom. The number of carbonyl (C=O) groups excluding carboxylic acids is 2. The maximum absolute atomic E-state index is 13.0. The highest BCUT2D eigenvalue weighted by atomic mass is 16.5. The largest absolute Gasteiger partial charge is 0.368 e. The highest BCUT2D eigenvalue weighted by Gasteiger charge is 2.23. The molecule has 0 saturated carbocycles. The lowest BCUT2D eigenvalue weighted by molar-refractivity contribution is -0.124. The van der Waals surface area contributed by atoms with Gasteiger partial charge in [0.1, 0.15) is 0 Å². The van der Waals surface area contributed by atoms with Crippen molar-refractivity contribution < 1.29 is 14.8 Å². The van der Waals surface area contributed by atoms with E-state index in [2.05, 4.69) is 24.1 Å². The number of rotatable bonds is 6. The molecule has 6 nitrogen and oxygen atoms in total. The summed E-state index contributed by atoms with van der Waals surface area (Å²) in [5.41, 5.74) is 4.83. The van der Waals surface area contributed by atoms with Gasteiger partial charge in [-0.3, -0.25) is 14.8 Å². The first-order valence-electron chi connectivity index (χ1n) is 10.0. The van der Waals surface area contributed by atoms with Crippen molar-refractivity contribution in [3.8, 4) is 0 Å². The molecule has 2 aromatic carbocycles. The zero-order valence-electron chi connectivity index (χ0n) is 17.2. The number of piperazine rings is 1. The molecule has 1 fully saturated rings.